The second-order valence-corrected chi connectivity index (χ2v) is 5.45. The molecule has 0 saturated heterocycles. The molecule has 4 heteroatoms. The summed E-state index contributed by atoms with van der Waals surface area (Å²) in [7, 11) is 1.43. The Morgan fingerprint density at radius 1 is 1.18 bits per heavy atom. The number of aryl methyl sites for hydroxylation is 2. The normalized spacial score (nSPS) is 12.0. The van der Waals surface area contributed by atoms with Crippen LogP contribution in [0.1, 0.15) is 42.5 Å². The molecule has 1 aromatic heterocycles. The molecule has 0 radical (unpaired) electrons. The number of hydrogen-bond donors (Lipinski definition) is 0. The SMILES string of the molecule is CCCC(C(=O)OC)c1c(C)ncnc1-c1ccc(C)cc1. The summed E-state index contributed by atoms with van der Waals surface area (Å²) in [5, 5.41) is 0. The van der Waals surface area contributed by atoms with Crippen molar-refractivity contribution in [3.8, 4) is 11.3 Å². The molecule has 0 saturated carbocycles. The third kappa shape index (κ3) is 3.32. The fourth-order valence-corrected chi connectivity index (χ4v) is 2.65. The maximum atomic E-state index is 12.2. The number of carbonyl (C=O) groups excluding carboxylic acids is 1. The van der Waals surface area contributed by atoms with Crippen molar-refractivity contribution in [1.29, 1.82) is 0 Å². The Hall–Kier alpha value is -2.23. The van der Waals surface area contributed by atoms with Crippen molar-refractivity contribution in [2.24, 2.45) is 0 Å². The van der Waals surface area contributed by atoms with E-state index in [1.165, 1.54) is 12.7 Å². The third-order valence-corrected chi connectivity index (χ3v) is 3.82. The Kier molecular flexibility index (Phi) is 5.26. The molecule has 0 aliphatic rings. The Morgan fingerprint density at radius 2 is 1.86 bits per heavy atom. The highest BCUT2D eigenvalue weighted by atomic mass is 16.5. The predicted molar refractivity (Wildman–Crippen MR) is 86.6 cm³/mol. The van der Waals surface area contributed by atoms with Crippen molar-refractivity contribution in [2.45, 2.75) is 39.5 Å². The molecule has 0 amide bonds. The summed E-state index contributed by atoms with van der Waals surface area (Å²) in [4.78, 5) is 20.9. The van der Waals surface area contributed by atoms with E-state index in [0.717, 1.165) is 35.4 Å². The lowest BCUT2D eigenvalue weighted by Gasteiger charge is -2.19. The minimum atomic E-state index is -0.326. The smallest absolute Gasteiger partial charge is 0.313 e. The first kappa shape index (κ1) is 16.1. The lowest BCUT2D eigenvalue weighted by Crippen LogP contribution is -2.17. The summed E-state index contributed by atoms with van der Waals surface area (Å²) in [6.45, 7) is 6.02. The second-order valence-electron chi connectivity index (χ2n) is 5.45. The summed E-state index contributed by atoms with van der Waals surface area (Å²) in [6, 6.07) is 8.15. The van der Waals surface area contributed by atoms with Gasteiger partial charge in [0.1, 0.15) is 6.33 Å². The molecule has 0 spiro atoms. The molecule has 0 bridgehead atoms. The highest BCUT2D eigenvalue weighted by molar-refractivity contribution is 5.82. The minimum absolute atomic E-state index is 0.229. The maximum absolute atomic E-state index is 12.2. The quantitative estimate of drug-likeness (QED) is 0.787. The van der Waals surface area contributed by atoms with Crippen molar-refractivity contribution in [3.05, 3.63) is 47.4 Å². The van der Waals surface area contributed by atoms with E-state index in [-0.39, 0.29) is 11.9 Å². The van der Waals surface area contributed by atoms with Crippen LogP contribution in [0.15, 0.2) is 30.6 Å². The van der Waals surface area contributed by atoms with Crippen molar-refractivity contribution in [2.75, 3.05) is 7.11 Å². The Morgan fingerprint density at radius 3 is 2.45 bits per heavy atom. The van der Waals surface area contributed by atoms with E-state index < -0.39 is 0 Å². The van der Waals surface area contributed by atoms with Crippen molar-refractivity contribution in [1.82, 2.24) is 9.97 Å². The molecule has 1 heterocycles. The molecule has 2 rings (SSSR count). The number of ether oxygens (including phenoxy) is 1. The molecule has 0 aliphatic carbocycles. The number of esters is 1. The molecule has 0 aliphatic heterocycles. The maximum Gasteiger partial charge on any atom is 0.313 e. The van der Waals surface area contributed by atoms with Crippen LogP contribution in [0, 0.1) is 13.8 Å². The number of carbonyl (C=O) groups is 1. The van der Waals surface area contributed by atoms with Gasteiger partial charge in [-0.2, -0.15) is 0 Å². The van der Waals surface area contributed by atoms with Gasteiger partial charge in [-0.05, 0) is 20.3 Å². The van der Waals surface area contributed by atoms with Gasteiger partial charge < -0.3 is 4.74 Å². The number of methoxy groups -OCH3 is 1. The molecule has 1 aromatic carbocycles. The van der Waals surface area contributed by atoms with E-state index in [4.69, 9.17) is 4.74 Å². The van der Waals surface area contributed by atoms with E-state index in [0.29, 0.717) is 0 Å². The Balaban J connectivity index is 2.58. The molecule has 0 N–H and O–H groups in total. The summed E-state index contributed by atoms with van der Waals surface area (Å²) < 4.78 is 4.99. The lowest BCUT2D eigenvalue weighted by atomic mass is 9.89. The minimum Gasteiger partial charge on any atom is -0.469 e. The Labute approximate surface area is 131 Å². The Bertz CT molecular complexity index is 651. The van der Waals surface area contributed by atoms with Crippen LogP contribution >= 0.6 is 0 Å². The van der Waals surface area contributed by atoms with Gasteiger partial charge in [-0.15, -0.1) is 0 Å². The van der Waals surface area contributed by atoms with E-state index in [1.807, 2.05) is 38.1 Å². The van der Waals surface area contributed by atoms with Crippen molar-refractivity contribution >= 4 is 5.97 Å². The zero-order valence-corrected chi connectivity index (χ0v) is 13.6. The van der Waals surface area contributed by atoms with Gasteiger partial charge in [-0.1, -0.05) is 43.2 Å². The fourth-order valence-electron chi connectivity index (χ4n) is 2.65. The van der Waals surface area contributed by atoms with E-state index in [1.54, 1.807) is 6.33 Å². The third-order valence-electron chi connectivity index (χ3n) is 3.82. The second kappa shape index (κ2) is 7.16. The van der Waals surface area contributed by atoms with Crippen LogP contribution < -0.4 is 0 Å². The lowest BCUT2D eigenvalue weighted by molar-refractivity contribution is -0.142. The predicted octanol–water partition coefficient (Wildman–Crippen LogP) is 3.82. The molecule has 0 fully saturated rings. The van der Waals surface area contributed by atoms with Gasteiger partial charge >= 0.3 is 5.97 Å². The van der Waals surface area contributed by atoms with Crippen LogP contribution in [0.5, 0.6) is 0 Å². The van der Waals surface area contributed by atoms with Gasteiger partial charge in [-0.25, -0.2) is 9.97 Å². The topological polar surface area (TPSA) is 52.1 Å². The standard InChI is InChI=1S/C18H22N2O2/c1-5-6-15(18(21)22-4)16-13(3)19-11-20-17(16)14-9-7-12(2)8-10-14/h7-11,15H,5-6H2,1-4H3. The largest absolute Gasteiger partial charge is 0.469 e. The van der Waals surface area contributed by atoms with Crippen LogP contribution in [-0.2, 0) is 9.53 Å². The number of nitrogens with zero attached hydrogens (tertiary/aromatic N) is 2. The van der Waals surface area contributed by atoms with E-state index >= 15 is 0 Å². The molecule has 4 nitrogen and oxygen atoms in total. The average Bonchev–Trinajstić information content (AvgIpc) is 2.53. The van der Waals surface area contributed by atoms with Crippen LogP contribution in [0.2, 0.25) is 0 Å². The number of benzene rings is 1. The summed E-state index contributed by atoms with van der Waals surface area (Å²) in [5.41, 5.74) is 4.70. The van der Waals surface area contributed by atoms with Crippen molar-refractivity contribution < 1.29 is 9.53 Å². The molecule has 2 aromatic rings. The molecule has 1 atom stereocenters. The van der Waals surface area contributed by atoms with Crippen LogP contribution in [0.25, 0.3) is 11.3 Å². The summed E-state index contributed by atoms with van der Waals surface area (Å²) >= 11 is 0. The van der Waals surface area contributed by atoms with E-state index in [2.05, 4.69) is 16.9 Å². The van der Waals surface area contributed by atoms with Crippen LogP contribution in [0.4, 0.5) is 0 Å². The molecule has 116 valence electrons. The molecular weight excluding hydrogens is 276 g/mol. The van der Waals surface area contributed by atoms with Gasteiger partial charge in [0.2, 0.25) is 0 Å². The fraction of sp³-hybridized carbons (Fsp3) is 0.389. The first-order valence-corrected chi connectivity index (χ1v) is 7.54. The first-order valence-electron chi connectivity index (χ1n) is 7.54. The zero-order valence-electron chi connectivity index (χ0n) is 13.6. The van der Waals surface area contributed by atoms with Gasteiger partial charge in [0, 0.05) is 16.8 Å². The highest BCUT2D eigenvalue weighted by Gasteiger charge is 2.26. The molecular formula is C18H22N2O2. The van der Waals surface area contributed by atoms with Gasteiger partial charge in [-0.3, -0.25) is 4.79 Å². The van der Waals surface area contributed by atoms with Gasteiger partial charge in [0.05, 0.1) is 18.7 Å². The summed E-state index contributed by atoms with van der Waals surface area (Å²) in [5.74, 6) is -0.555. The number of aromatic nitrogens is 2. The van der Waals surface area contributed by atoms with E-state index in [9.17, 15) is 4.79 Å². The van der Waals surface area contributed by atoms with Gasteiger partial charge in [0.15, 0.2) is 0 Å². The monoisotopic (exact) mass is 298 g/mol. The molecule has 22 heavy (non-hydrogen) atoms. The number of rotatable bonds is 5. The highest BCUT2D eigenvalue weighted by Crippen LogP contribution is 2.32. The van der Waals surface area contributed by atoms with Crippen LogP contribution in [-0.4, -0.2) is 23.0 Å². The zero-order chi connectivity index (χ0) is 16.1. The van der Waals surface area contributed by atoms with Gasteiger partial charge in [0.25, 0.3) is 0 Å². The van der Waals surface area contributed by atoms with Crippen molar-refractivity contribution in [3.63, 3.8) is 0 Å². The van der Waals surface area contributed by atoms with Crippen LogP contribution in [0.3, 0.4) is 0 Å². The molecule has 1 unspecified atom stereocenters. The first-order chi connectivity index (χ1) is 10.6. The summed E-state index contributed by atoms with van der Waals surface area (Å²) in [6.07, 6.45) is 3.16. The number of hydrogen-bond acceptors (Lipinski definition) is 4. The average molecular weight is 298 g/mol.